The summed E-state index contributed by atoms with van der Waals surface area (Å²) in [6.45, 7) is 3.19. The normalized spacial score (nSPS) is 24.0. The first-order chi connectivity index (χ1) is 4.00. The predicted octanol–water partition coefficient (Wildman–Crippen LogP) is 0.121. The van der Waals surface area contributed by atoms with Crippen LogP contribution in [0, 0.1) is 6.42 Å². The molecule has 8 heavy (non-hydrogen) atoms. The van der Waals surface area contributed by atoms with Crippen molar-refractivity contribution in [1.82, 2.24) is 10.6 Å². The lowest BCUT2D eigenvalue weighted by atomic mass is 10.2. The third-order valence-corrected chi connectivity index (χ3v) is 1.30. The van der Waals surface area contributed by atoms with Crippen molar-refractivity contribution in [2.24, 2.45) is 0 Å². The van der Waals surface area contributed by atoms with Crippen LogP contribution in [-0.2, 0) is 0 Å². The van der Waals surface area contributed by atoms with Crippen molar-refractivity contribution in [3.05, 3.63) is 6.42 Å². The molecule has 0 spiro atoms. The van der Waals surface area contributed by atoms with E-state index >= 15 is 0 Å². The van der Waals surface area contributed by atoms with E-state index in [4.69, 9.17) is 0 Å². The van der Waals surface area contributed by atoms with Crippen molar-refractivity contribution in [2.45, 2.75) is 12.8 Å². The Morgan fingerprint density at radius 1 is 1.25 bits per heavy atom. The second-order valence-corrected chi connectivity index (χ2v) is 2.06. The molecule has 0 aliphatic carbocycles. The minimum absolute atomic E-state index is 0.969. The molecule has 2 nitrogen and oxygen atoms in total. The lowest BCUT2D eigenvalue weighted by molar-refractivity contribution is 0.548. The Labute approximate surface area is 50.7 Å². The van der Waals surface area contributed by atoms with Crippen LogP contribution in [0.2, 0.25) is 0 Å². The smallest absolute Gasteiger partial charge is 0.0454 e. The van der Waals surface area contributed by atoms with Crippen LogP contribution in [0.25, 0.3) is 0 Å². The monoisotopic (exact) mass is 113 g/mol. The lowest BCUT2D eigenvalue weighted by Gasteiger charge is -2.09. The van der Waals surface area contributed by atoms with Crippen molar-refractivity contribution in [2.75, 3.05) is 19.8 Å². The summed E-state index contributed by atoms with van der Waals surface area (Å²) in [4.78, 5) is 0. The molecule has 0 amide bonds. The fourth-order valence-corrected chi connectivity index (χ4v) is 0.824. The average molecular weight is 113 g/mol. The highest BCUT2D eigenvalue weighted by Gasteiger charge is 1.93. The molecule has 1 saturated heterocycles. The molecular weight excluding hydrogens is 100 g/mol. The van der Waals surface area contributed by atoms with Crippen LogP contribution >= 0.6 is 0 Å². The van der Waals surface area contributed by atoms with Gasteiger partial charge in [-0.25, -0.2) is 0 Å². The Bertz CT molecular complexity index is 30.5. The second-order valence-electron chi connectivity index (χ2n) is 2.06. The quantitative estimate of drug-likeness (QED) is 0.466. The molecule has 0 aromatic rings. The highest BCUT2D eigenvalue weighted by atomic mass is 15.1. The minimum Gasteiger partial charge on any atom is -0.304 e. The summed E-state index contributed by atoms with van der Waals surface area (Å²) in [5.74, 6) is 0. The summed E-state index contributed by atoms with van der Waals surface area (Å²) in [6.07, 6.45) is 4.84. The molecule has 1 aliphatic rings. The molecule has 1 heterocycles. The van der Waals surface area contributed by atoms with Crippen LogP contribution in [0.4, 0.5) is 0 Å². The molecule has 1 radical (unpaired) electrons. The number of rotatable bonds is 0. The Morgan fingerprint density at radius 2 is 2.25 bits per heavy atom. The molecule has 0 bridgehead atoms. The SMILES string of the molecule is [CH]1CCCNCNC1. The van der Waals surface area contributed by atoms with Gasteiger partial charge in [0.05, 0.1) is 0 Å². The highest BCUT2D eigenvalue weighted by Crippen LogP contribution is 1.91. The Balaban J connectivity index is 2.00. The first-order valence-corrected chi connectivity index (χ1v) is 3.23. The van der Waals surface area contributed by atoms with Crippen molar-refractivity contribution < 1.29 is 0 Å². The zero-order chi connectivity index (χ0) is 5.66. The number of hydrogen-bond donors (Lipinski definition) is 2. The standard InChI is InChI=1S/C6H13N2/c1-2-4-7-6-8-5-3-1/h2,7-8H,1,3-6H2. The van der Waals surface area contributed by atoms with Gasteiger partial charge in [-0.05, 0) is 32.4 Å². The van der Waals surface area contributed by atoms with Gasteiger partial charge in [-0.2, -0.15) is 0 Å². The number of hydrogen-bond acceptors (Lipinski definition) is 2. The zero-order valence-electron chi connectivity index (χ0n) is 5.11. The molecule has 0 aromatic carbocycles. The summed E-state index contributed by atoms with van der Waals surface area (Å²) in [5.41, 5.74) is 0. The number of nitrogens with one attached hydrogen (secondary N) is 2. The predicted molar refractivity (Wildman–Crippen MR) is 34.4 cm³/mol. The second kappa shape index (κ2) is 3.87. The van der Waals surface area contributed by atoms with Gasteiger partial charge in [-0.1, -0.05) is 0 Å². The molecular formula is C6H13N2. The topological polar surface area (TPSA) is 24.1 Å². The van der Waals surface area contributed by atoms with Gasteiger partial charge in [-0.15, -0.1) is 0 Å². The maximum absolute atomic E-state index is 3.26. The first-order valence-electron chi connectivity index (χ1n) is 3.23. The third-order valence-electron chi connectivity index (χ3n) is 1.30. The van der Waals surface area contributed by atoms with E-state index in [1.165, 1.54) is 12.8 Å². The van der Waals surface area contributed by atoms with Gasteiger partial charge in [-0.3, -0.25) is 0 Å². The Morgan fingerprint density at radius 3 is 3.25 bits per heavy atom. The van der Waals surface area contributed by atoms with Crippen LogP contribution in [0.5, 0.6) is 0 Å². The Hall–Kier alpha value is -0.0800. The Kier molecular flexibility index (Phi) is 2.92. The molecule has 1 rings (SSSR count). The molecule has 2 N–H and O–H groups in total. The molecule has 0 saturated carbocycles. The van der Waals surface area contributed by atoms with E-state index in [0.29, 0.717) is 0 Å². The first kappa shape index (κ1) is 6.05. The van der Waals surface area contributed by atoms with Gasteiger partial charge < -0.3 is 10.6 Å². The summed E-state index contributed by atoms with van der Waals surface area (Å²) >= 11 is 0. The van der Waals surface area contributed by atoms with Gasteiger partial charge in [0.1, 0.15) is 0 Å². The van der Waals surface area contributed by atoms with Crippen molar-refractivity contribution in [3.8, 4) is 0 Å². The van der Waals surface area contributed by atoms with Crippen molar-refractivity contribution in [1.29, 1.82) is 0 Å². The van der Waals surface area contributed by atoms with E-state index in [1.807, 2.05) is 0 Å². The highest BCUT2D eigenvalue weighted by molar-refractivity contribution is 4.70. The van der Waals surface area contributed by atoms with Crippen molar-refractivity contribution >= 4 is 0 Å². The van der Waals surface area contributed by atoms with Crippen LogP contribution in [0.15, 0.2) is 0 Å². The van der Waals surface area contributed by atoms with Crippen molar-refractivity contribution in [3.63, 3.8) is 0 Å². The summed E-state index contributed by atoms with van der Waals surface area (Å²) in [7, 11) is 0. The summed E-state index contributed by atoms with van der Waals surface area (Å²) in [6, 6.07) is 0. The van der Waals surface area contributed by atoms with E-state index in [0.717, 1.165) is 19.8 Å². The fraction of sp³-hybridized carbons (Fsp3) is 0.833. The van der Waals surface area contributed by atoms with E-state index in [2.05, 4.69) is 17.1 Å². The maximum Gasteiger partial charge on any atom is 0.0454 e. The van der Waals surface area contributed by atoms with Gasteiger partial charge in [0.2, 0.25) is 0 Å². The van der Waals surface area contributed by atoms with E-state index in [1.54, 1.807) is 0 Å². The minimum atomic E-state index is 0.969. The molecule has 0 aromatic heterocycles. The van der Waals surface area contributed by atoms with Gasteiger partial charge in [0.25, 0.3) is 0 Å². The molecule has 0 atom stereocenters. The van der Waals surface area contributed by atoms with E-state index in [9.17, 15) is 0 Å². The molecule has 1 fully saturated rings. The van der Waals surface area contributed by atoms with Crippen LogP contribution in [0.1, 0.15) is 12.8 Å². The van der Waals surface area contributed by atoms with Crippen LogP contribution in [-0.4, -0.2) is 19.8 Å². The van der Waals surface area contributed by atoms with Crippen LogP contribution < -0.4 is 10.6 Å². The van der Waals surface area contributed by atoms with Crippen LogP contribution in [0.3, 0.4) is 0 Å². The summed E-state index contributed by atoms with van der Waals surface area (Å²) < 4.78 is 0. The molecule has 1 aliphatic heterocycles. The van der Waals surface area contributed by atoms with Gasteiger partial charge >= 0.3 is 0 Å². The van der Waals surface area contributed by atoms with E-state index in [-0.39, 0.29) is 0 Å². The molecule has 47 valence electrons. The average Bonchev–Trinajstić information content (AvgIpc) is 1.62. The van der Waals surface area contributed by atoms with Gasteiger partial charge in [0.15, 0.2) is 0 Å². The van der Waals surface area contributed by atoms with E-state index < -0.39 is 0 Å². The van der Waals surface area contributed by atoms with Gasteiger partial charge in [0, 0.05) is 6.67 Å². The summed E-state index contributed by atoms with van der Waals surface area (Å²) in [5, 5.41) is 6.48. The maximum atomic E-state index is 3.26. The third kappa shape index (κ3) is 2.28. The zero-order valence-corrected chi connectivity index (χ0v) is 5.11. The largest absolute Gasteiger partial charge is 0.304 e. The molecule has 0 unspecified atom stereocenters. The lowest BCUT2D eigenvalue weighted by Crippen LogP contribution is -2.32. The fourth-order valence-electron chi connectivity index (χ4n) is 0.824. The molecule has 2 heteroatoms.